The first-order chi connectivity index (χ1) is 20.7. The minimum absolute atomic E-state index is 0.00551. The highest BCUT2D eigenvalue weighted by molar-refractivity contribution is 5.97. The van der Waals surface area contributed by atoms with Crippen LogP contribution in [0.4, 0.5) is 11.4 Å². The number of carbonyl (C=O) groups excluding carboxylic acids is 1. The molecule has 0 bridgehead atoms. The number of anilines is 1. The summed E-state index contributed by atoms with van der Waals surface area (Å²) >= 11 is 0. The molecule has 1 heterocycles. The van der Waals surface area contributed by atoms with E-state index in [0.717, 1.165) is 62.3 Å². The molecule has 43 heavy (non-hydrogen) atoms. The molecule has 10 nitrogen and oxygen atoms in total. The average molecular weight is 593 g/mol. The van der Waals surface area contributed by atoms with E-state index in [1.54, 1.807) is 0 Å². The first-order valence-corrected chi connectivity index (χ1v) is 15.3. The molecule has 2 aromatic carbocycles. The summed E-state index contributed by atoms with van der Waals surface area (Å²) in [6, 6.07) is 9.95. The number of nitro groups is 1. The fraction of sp³-hybridized carbons (Fsp3) is 0.485. The largest absolute Gasteiger partial charge is 0.491 e. The van der Waals surface area contributed by atoms with Gasteiger partial charge in [0.15, 0.2) is 5.75 Å². The number of nitro benzene ring substituents is 1. The van der Waals surface area contributed by atoms with Crippen LogP contribution in [0.2, 0.25) is 0 Å². The third-order valence-corrected chi connectivity index (χ3v) is 7.12. The number of nitrogen functional groups attached to an aromatic ring is 1. The lowest BCUT2D eigenvalue weighted by atomic mass is 10.1. The van der Waals surface area contributed by atoms with Gasteiger partial charge in [0, 0.05) is 17.7 Å². The van der Waals surface area contributed by atoms with E-state index in [2.05, 4.69) is 30.7 Å². The van der Waals surface area contributed by atoms with Gasteiger partial charge in [0.2, 0.25) is 5.88 Å². The highest BCUT2D eigenvalue weighted by Crippen LogP contribution is 2.34. The summed E-state index contributed by atoms with van der Waals surface area (Å²) in [5.74, 6) is -0.139. The summed E-state index contributed by atoms with van der Waals surface area (Å²) in [4.78, 5) is 32.6. The molecule has 0 fully saturated rings. The van der Waals surface area contributed by atoms with Crippen molar-refractivity contribution >= 4 is 17.3 Å². The molecule has 0 saturated heterocycles. The summed E-state index contributed by atoms with van der Waals surface area (Å²) in [7, 11) is 0. The van der Waals surface area contributed by atoms with Gasteiger partial charge in [-0.2, -0.15) is 0 Å². The summed E-state index contributed by atoms with van der Waals surface area (Å²) in [6.45, 7) is 8.27. The highest BCUT2D eigenvalue weighted by Gasteiger charge is 2.25. The van der Waals surface area contributed by atoms with Crippen molar-refractivity contribution in [3.63, 3.8) is 0 Å². The van der Waals surface area contributed by atoms with Crippen LogP contribution in [0.1, 0.15) is 102 Å². The number of esters is 1. The lowest BCUT2D eigenvalue weighted by Gasteiger charge is -2.16. The average Bonchev–Trinajstić information content (AvgIpc) is 2.98. The molecule has 0 saturated carbocycles. The topological polar surface area (TPSA) is 140 Å². The van der Waals surface area contributed by atoms with Gasteiger partial charge in [-0.05, 0) is 63.8 Å². The number of ether oxygens (including phenoxy) is 3. The number of rotatable bonds is 18. The number of hydrogen-bond donors (Lipinski definition) is 1. The maximum atomic E-state index is 12.9. The van der Waals surface area contributed by atoms with Crippen molar-refractivity contribution in [1.29, 1.82) is 0 Å². The molecule has 0 radical (unpaired) electrons. The highest BCUT2D eigenvalue weighted by atomic mass is 16.6. The van der Waals surface area contributed by atoms with Gasteiger partial charge in [0.05, 0.1) is 46.5 Å². The van der Waals surface area contributed by atoms with E-state index < -0.39 is 10.9 Å². The molecule has 0 aliphatic carbocycles. The maximum Gasteiger partial charge on any atom is 0.347 e. The van der Waals surface area contributed by atoms with Crippen molar-refractivity contribution in [1.82, 2.24) is 9.97 Å². The minimum Gasteiger partial charge on any atom is -0.491 e. The van der Waals surface area contributed by atoms with Crippen molar-refractivity contribution in [2.75, 3.05) is 5.73 Å². The van der Waals surface area contributed by atoms with Gasteiger partial charge in [-0.25, -0.2) is 14.8 Å². The number of nitrogens with zero attached hydrogens (tertiary/aromatic N) is 3. The van der Waals surface area contributed by atoms with Crippen LogP contribution < -0.4 is 19.9 Å². The zero-order chi connectivity index (χ0) is 31.2. The van der Waals surface area contributed by atoms with Crippen LogP contribution in [0.15, 0.2) is 48.8 Å². The molecular formula is C33H44N4O6. The van der Waals surface area contributed by atoms with E-state index in [1.807, 2.05) is 31.2 Å². The fourth-order valence-corrected chi connectivity index (χ4v) is 4.65. The summed E-state index contributed by atoms with van der Waals surface area (Å²) in [6.07, 6.45) is 13.6. The smallest absolute Gasteiger partial charge is 0.347 e. The summed E-state index contributed by atoms with van der Waals surface area (Å²) < 4.78 is 17.2. The molecule has 232 valence electrons. The van der Waals surface area contributed by atoms with Crippen molar-refractivity contribution in [2.45, 2.75) is 104 Å². The molecule has 0 aliphatic rings. The van der Waals surface area contributed by atoms with Crippen molar-refractivity contribution in [2.24, 2.45) is 0 Å². The second kappa shape index (κ2) is 17.0. The Morgan fingerprint density at radius 1 is 0.884 bits per heavy atom. The van der Waals surface area contributed by atoms with Gasteiger partial charge >= 0.3 is 11.7 Å². The monoisotopic (exact) mass is 592 g/mol. The van der Waals surface area contributed by atoms with Crippen LogP contribution in [0.5, 0.6) is 17.4 Å². The van der Waals surface area contributed by atoms with E-state index in [9.17, 15) is 14.9 Å². The number of hydrogen-bond acceptors (Lipinski definition) is 9. The predicted molar refractivity (Wildman–Crippen MR) is 168 cm³/mol. The Labute approximate surface area is 254 Å². The van der Waals surface area contributed by atoms with E-state index >= 15 is 0 Å². The molecule has 1 aromatic heterocycles. The Bertz CT molecular complexity index is 1310. The van der Waals surface area contributed by atoms with Crippen LogP contribution in [0.25, 0.3) is 11.3 Å². The third kappa shape index (κ3) is 10.5. The molecule has 10 heteroatoms. The normalized spacial score (nSPS) is 12.4. The second-order valence-electron chi connectivity index (χ2n) is 10.9. The number of nitrogens with two attached hydrogens (primary N) is 1. The number of carbonyl (C=O) groups is 1. The molecule has 2 unspecified atom stereocenters. The van der Waals surface area contributed by atoms with Crippen molar-refractivity contribution in [3.8, 4) is 28.6 Å². The van der Waals surface area contributed by atoms with Crippen LogP contribution in [-0.2, 0) is 0 Å². The zero-order valence-corrected chi connectivity index (χ0v) is 25.7. The SMILES string of the molecule is CCCCCCC(C)Oc1ccc(-c2cnc(OC(=O)c3cc([N+](=O)[O-])c(OC(C)CCCCCC)cc3N)cn2)cc1. The molecular weight excluding hydrogens is 548 g/mol. The molecule has 0 aliphatic heterocycles. The second-order valence-corrected chi connectivity index (χ2v) is 10.9. The summed E-state index contributed by atoms with van der Waals surface area (Å²) in [5, 5.41) is 11.8. The standard InChI is InChI=1S/C33H44N4O6/c1-5-7-9-11-13-23(3)41-26-17-15-25(16-18-26)29-21-36-32(22-35-29)43-33(38)27-19-30(37(39)40)31(20-28(27)34)42-24(4)14-12-10-8-6-2/h15-24H,5-14,34H2,1-4H3. The van der Waals surface area contributed by atoms with Crippen LogP contribution in [0.3, 0.4) is 0 Å². The number of unbranched alkanes of at least 4 members (excludes halogenated alkanes) is 6. The van der Waals surface area contributed by atoms with Gasteiger partial charge < -0.3 is 19.9 Å². The van der Waals surface area contributed by atoms with E-state index in [0.29, 0.717) is 5.69 Å². The quantitative estimate of drug-likeness (QED) is 0.0507. The van der Waals surface area contributed by atoms with Gasteiger partial charge in [0.25, 0.3) is 0 Å². The third-order valence-electron chi connectivity index (χ3n) is 7.12. The van der Waals surface area contributed by atoms with E-state index in [1.165, 1.54) is 37.7 Å². The van der Waals surface area contributed by atoms with Crippen LogP contribution in [-0.4, -0.2) is 33.1 Å². The lowest BCUT2D eigenvalue weighted by molar-refractivity contribution is -0.386. The molecule has 3 aromatic rings. The molecule has 0 spiro atoms. The van der Waals surface area contributed by atoms with E-state index in [4.69, 9.17) is 19.9 Å². The van der Waals surface area contributed by atoms with Gasteiger partial charge in [-0.15, -0.1) is 0 Å². The lowest BCUT2D eigenvalue weighted by Crippen LogP contribution is -2.16. The molecule has 3 rings (SSSR count). The molecule has 2 N–H and O–H groups in total. The number of benzene rings is 2. The fourth-order valence-electron chi connectivity index (χ4n) is 4.65. The Hall–Kier alpha value is -4.21. The van der Waals surface area contributed by atoms with Crippen LogP contribution >= 0.6 is 0 Å². The van der Waals surface area contributed by atoms with Crippen LogP contribution in [0, 0.1) is 10.1 Å². The number of aromatic nitrogens is 2. The van der Waals surface area contributed by atoms with Crippen molar-refractivity contribution < 1.29 is 23.9 Å². The Morgan fingerprint density at radius 2 is 1.51 bits per heavy atom. The Kier molecular flexibility index (Phi) is 13.2. The zero-order valence-electron chi connectivity index (χ0n) is 25.7. The van der Waals surface area contributed by atoms with Crippen molar-refractivity contribution in [3.05, 3.63) is 64.5 Å². The maximum absolute atomic E-state index is 12.9. The van der Waals surface area contributed by atoms with Gasteiger partial charge in [0.1, 0.15) is 5.75 Å². The Morgan fingerprint density at radius 3 is 2.07 bits per heavy atom. The minimum atomic E-state index is -0.882. The molecule has 2 atom stereocenters. The van der Waals surface area contributed by atoms with Gasteiger partial charge in [-0.3, -0.25) is 10.1 Å². The first-order valence-electron chi connectivity index (χ1n) is 15.3. The predicted octanol–water partition coefficient (Wildman–Crippen LogP) is 8.33. The Balaban J connectivity index is 1.61. The molecule has 0 amide bonds. The first kappa shape index (κ1) is 33.3. The summed E-state index contributed by atoms with van der Waals surface area (Å²) in [5.41, 5.74) is 6.98. The van der Waals surface area contributed by atoms with Gasteiger partial charge in [-0.1, -0.05) is 52.4 Å². The van der Waals surface area contributed by atoms with E-state index in [-0.39, 0.29) is 40.8 Å².